The van der Waals surface area contributed by atoms with Crippen molar-refractivity contribution in [3.05, 3.63) is 40.9 Å². The molecule has 1 aliphatic rings. The summed E-state index contributed by atoms with van der Waals surface area (Å²) in [6, 6.07) is 8.79. The molecule has 0 bridgehead atoms. The van der Waals surface area contributed by atoms with Gasteiger partial charge in [-0.1, -0.05) is 23.8 Å². The van der Waals surface area contributed by atoms with E-state index >= 15 is 0 Å². The molecule has 1 fully saturated rings. The molecule has 6 heteroatoms. The van der Waals surface area contributed by atoms with Crippen LogP contribution in [-0.4, -0.2) is 54.0 Å². The molecule has 1 atom stereocenters. The van der Waals surface area contributed by atoms with Crippen molar-refractivity contribution in [3.63, 3.8) is 0 Å². The van der Waals surface area contributed by atoms with Crippen molar-refractivity contribution in [2.75, 3.05) is 27.2 Å². The fraction of sp³-hybridized carbons (Fsp3) is 0.444. The highest BCUT2D eigenvalue weighted by Crippen LogP contribution is 2.24. The first-order valence-electron chi connectivity index (χ1n) is 8.23. The molecule has 0 spiro atoms. The number of rotatable bonds is 4. The predicted octanol–water partition coefficient (Wildman–Crippen LogP) is 2.96. The molecule has 5 nitrogen and oxygen atoms in total. The Balaban J connectivity index is 1.55. The van der Waals surface area contributed by atoms with E-state index in [0.29, 0.717) is 12.6 Å². The van der Waals surface area contributed by atoms with Gasteiger partial charge in [-0.05, 0) is 33.5 Å². The monoisotopic (exact) mass is 344 g/mol. The van der Waals surface area contributed by atoms with Crippen molar-refractivity contribution in [1.82, 2.24) is 20.1 Å². The number of nitrogens with one attached hydrogen (secondary N) is 1. The molecule has 128 valence electrons. The first-order chi connectivity index (χ1) is 11.5. The van der Waals surface area contributed by atoms with Crippen LogP contribution in [0, 0.1) is 6.92 Å². The zero-order chi connectivity index (χ0) is 17.1. The normalized spacial score (nSPS) is 17.5. The van der Waals surface area contributed by atoms with Crippen molar-refractivity contribution >= 4 is 17.4 Å². The van der Waals surface area contributed by atoms with Crippen LogP contribution in [0.5, 0.6) is 0 Å². The first-order valence-corrected chi connectivity index (χ1v) is 9.11. The summed E-state index contributed by atoms with van der Waals surface area (Å²) in [6.45, 7) is 4.17. The summed E-state index contributed by atoms with van der Waals surface area (Å²) in [4.78, 5) is 21.0. The topological polar surface area (TPSA) is 48.5 Å². The summed E-state index contributed by atoms with van der Waals surface area (Å²) in [7, 11) is 4.13. The van der Waals surface area contributed by atoms with Crippen molar-refractivity contribution < 1.29 is 4.79 Å². The average molecular weight is 344 g/mol. The van der Waals surface area contributed by atoms with Crippen LogP contribution >= 0.6 is 11.3 Å². The smallest absolute Gasteiger partial charge is 0.317 e. The van der Waals surface area contributed by atoms with Crippen LogP contribution in [0.1, 0.15) is 17.7 Å². The Labute approximate surface area is 147 Å². The van der Waals surface area contributed by atoms with E-state index in [2.05, 4.69) is 54.4 Å². The number of hydrogen-bond donors (Lipinski definition) is 1. The van der Waals surface area contributed by atoms with Crippen molar-refractivity contribution in [2.45, 2.75) is 25.9 Å². The van der Waals surface area contributed by atoms with Gasteiger partial charge in [0.15, 0.2) is 0 Å². The van der Waals surface area contributed by atoms with Crippen molar-refractivity contribution in [1.29, 1.82) is 0 Å². The largest absolute Gasteiger partial charge is 0.332 e. The maximum atomic E-state index is 12.3. The van der Waals surface area contributed by atoms with Gasteiger partial charge in [-0.3, -0.25) is 0 Å². The van der Waals surface area contributed by atoms with Crippen molar-refractivity contribution in [2.24, 2.45) is 0 Å². The number of urea groups is 1. The lowest BCUT2D eigenvalue weighted by atomic mass is 10.1. The Kier molecular flexibility index (Phi) is 5.16. The number of hydrogen-bond acceptors (Lipinski definition) is 4. The van der Waals surface area contributed by atoms with Gasteiger partial charge in [0.1, 0.15) is 5.01 Å². The Morgan fingerprint density at radius 3 is 3.00 bits per heavy atom. The zero-order valence-corrected chi connectivity index (χ0v) is 15.3. The van der Waals surface area contributed by atoms with Gasteiger partial charge in [-0.2, -0.15) is 0 Å². The van der Waals surface area contributed by atoms with Gasteiger partial charge in [0.2, 0.25) is 0 Å². The van der Waals surface area contributed by atoms with Crippen LogP contribution in [0.4, 0.5) is 4.79 Å². The van der Waals surface area contributed by atoms with Crippen LogP contribution < -0.4 is 5.32 Å². The van der Waals surface area contributed by atoms with Gasteiger partial charge in [-0.15, -0.1) is 11.3 Å². The molecule has 2 heterocycles. The van der Waals surface area contributed by atoms with Gasteiger partial charge in [0.05, 0.1) is 12.2 Å². The average Bonchev–Trinajstić information content (AvgIpc) is 3.22. The maximum Gasteiger partial charge on any atom is 0.317 e. The molecule has 1 saturated heterocycles. The standard InChI is InChI=1S/C18H24N4OS/c1-13-5-4-6-14(9-13)17-20-15(12-24-17)10-19-18(23)22-8-7-16(11-22)21(2)3/h4-6,9,12,16H,7-8,10-11H2,1-3H3,(H,19,23)/t16-/m0/s1. The number of nitrogens with zero attached hydrogens (tertiary/aromatic N) is 3. The van der Waals surface area contributed by atoms with E-state index in [1.807, 2.05) is 16.3 Å². The second kappa shape index (κ2) is 7.32. The Bertz CT molecular complexity index is 713. The van der Waals surface area contributed by atoms with Crippen LogP contribution in [0.25, 0.3) is 10.6 Å². The molecule has 0 unspecified atom stereocenters. The van der Waals surface area contributed by atoms with E-state index in [0.717, 1.165) is 35.8 Å². The molecular formula is C18H24N4OS. The molecule has 1 aromatic carbocycles. The van der Waals surface area contributed by atoms with Crippen LogP contribution in [0.15, 0.2) is 29.6 Å². The van der Waals surface area contributed by atoms with Gasteiger partial charge >= 0.3 is 6.03 Å². The molecule has 1 N–H and O–H groups in total. The van der Waals surface area contributed by atoms with E-state index in [1.165, 1.54) is 5.56 Å². The molecule has 2 aromatic rings. The number of likely N-dealkylation sites (N-methyl/N-ethyl adjacent to an activating group) is 1. The van der Waals surface area contributed by atoms with Gasteiger partial charge in [0, 0.05) is 30.1 Å². The summed E-state index contributed by atoms with van der Waals surface area (Å²) in [5.41, 5.74) is 3.26. The lowest BCUT2D eigenvalue weighted by molar-refractivity contribution is 0.203. The molecule has 24 heavy (non-hydrogen) atoms. The van der Waals surface area contributed by atoms with Crippen LogP contribution in [-0.2, 0) is 6.54 Å². The molecule has 1 aliphatic heterocycles. The summed E-state index contributed by atoms with van der Waals surface area (Å²) >= 11 is 1.62. The second-order valence-electron chi connectivity index (χ2n) is 6.52. The van der Waals surface area contributed by atoms with E-state index in [9.17, 15) is 4.79 Å². The minimum absolute atomic E-state index is 0.00413. The summed E-state index contributed by atoms with van der Waals surface area (Å²) < 4.78 is 0. The number of aromatic nitrogens is 1. The minimum atomic E-state index is 0.00413. The lowest BCUT2D eigenvalue weighted by Crippen LogP contribution is -2.40. The number of thiazole rings is 1. The number of aryl methyl sites for hydroxylation is 1. The fourth-order valence-corrected chi connectivity index (χ4v) is 3.74. The minimum Gasteiger partial charge on any atom is -0.332 e. The molecule has 0 saturated carbocycles. The van der Waals surface area contributed by atoms with Crippen LogP contribution in [0.2, 0.25) is 0 Å². The molecule has 3 rings (SSSR count). The van der Waals surface area contributed by atoms with Gasteiger partial charge in [-0.25, -0.2) is 9.78 Å². The van der Waals surface area contributed by atoms with Crippen LogP contribution in [0.3, 0.4) is 0 Å². The predicted molar refractivity (Wildman–Crippen MR) is 98.2 cm³/mol. The SMILES string of the molecule is Cc1cccc(-c2nc(CNC(=O)N3CC[C@H](N(C)C)C3)cs2)c1. The highest BCUT2D eigenvalue weighted by molar-refractivity contribution is 7.13. The molecule has 0 radical (unpaired) electrons. The lowest BCUT2D eigenvalue weighted by Gasteiger charge is -2.20. The second-order valence-corrected chi connectivity index (χ2v) is 7.38. The summed E-state index contributed by atoms with van der Waals surface area (Å²) in [6.07, 6.45) is 1.04. The van der Waals surface area contributed by atoms with E-state index in [-0.39, 0.29) is 6.03 Å². The zero-order valence-electron chi connectivity index (χ0n) is 14.5. The third kappa shape index (κ3) is 3.94. The third-order valence-corrected chi connectivity index (χ3v) is 5.36. The molecular weight excluding hydrogens is 320 g/mol. The van der Waals surface area contributed by atoms with Gasteiger partial charge in [0.25, 0.3) is 0 Å². The van der Waals surface area contributed by atoms with E-state index in [4.69, 9.17) is 0 Å². The Morgan fingerprint density at radius 2 is 2.29 bits per heavy atom. The third-order valence-electron chi connectivity index (χ3n) is 4.42. The Hall–Kier alpha value is -1.92. The highest BCUT2D eigenvalue weighted by atomic mass is 32.1. The summed E-state index contributed by atoms with van der Waals surface area (Å²) in [5, 5.41) is 6.00. The van der Waals surface area contributed by atoms with E-state index < -0.39 is 0 Å². The quantitative estimate of drug-likeness (QED) is 0.928. The van der Waals surface area contributed by atoms with Crippen molar-refractivity contribution in [3.8, 4) is 10.6 Å². The Morgan fingerprint density at radius 1 is 1.46 bits per heavy atom. The summed E-state index contributed by atoms with van der Waals surface area (Å²) in [5.74, 6) is 0. The molecule has 0 aliphatic carbocycles. The first kappa shape index (κ1) is 16.9. The number of likely N-dealkylation sites (tertiary alicyclic amines) is 1. The van der Waals surface area contributed by atoms with Gasteiger partial charge < -0.3 is 15.1 Å². The maximum absolute atomic E-state index is 12.3. The number of benzene rings is 1. The fourth-order valence-electron chi connectivity index (χ4n) is 2.92. The number of amides is 2. The molecule has 2 amide bonds. The van der Waals surface area contributed by atoms with E-state index in [1.54, 1.807) is 11.3 Å². The number of carbonyl (C=O) groups excluding carboxylic acids is 1. The number of carbonyl (C=O) groups is 1. The highest BCUT2D eigenvalue weighted by Gasteiger charge is 2.27. The molecule has 1 aromatic heterocycles.